The Morgan fingerprint density at radius 3 is 2.56 bits per heavy atom. The van der Waals surface area contributed by atoms with Crippen molar-refractivity contribution in [2.24, 2.45) is 0 Å². The fraction of sp³-hybridized carbons (Fsp3) is 0.417. The molecule has 1 heterocycles. The van der Waals surface area contributed by atoms with Crippen molar-refractivity contribution >= 4 is 16.8 Å². The summed E-state index contributed by atoms with van der Waals surface area (Å²) in [6, 6.07) is 2.86. The van der Waals surface area contributed by atoms with Gasteiger partial charge in [0.05, 0.1) is 12.0 Å². The number of aromatic nitrogens is 1. The van der Waals surface area contributed by atoms with Gasteiger partial charge in [0.25, 0.3) is 0 Å². The minimum Gasteiger partial charge on any atom is -0.490 e. The molecule has 96 valence electrons. The number of hydrogen-bond donors (Lipinski definition) is 0. The molecule has 1 aromatic carbocycles. The fourth-order valence-electron chi connectivity index (χ4n) is 1.57. The van der Waals surface area contributed by atoms with E-state index in [0.29, 0.717) is 17.0 Å². The minimum absolute atomic E-state index is 0.112. The van der Waals surface area contributed by atoms with E-state index in [0.717, 1.165) is 0 Å². The van der Waals surface area contributed by atoms with Crippen LogP contribution in [-0.4, -0.2) is 17.0 Å². The quantitative estimate of drug-likeness (QED) is 0.604. The molecule has 6 heteroatoms. The molecule has 1 aromatic heterocycles. The molecule has 0 aliphatic rings. The van der Waals surface area contributed by atoms with Crippen molar-refractivity contribution in [1.82, 2.24) is 4.98 Å². The predicted octanol–water partition coefficient (Wildman–Crippen LogP) is 3.04. The van der Waals surface area contributed by atoms with Crippen LogP contribution >= 0.6 is 0 Å². The first-order valence-electron chi connectivity index (χ1n) is 5.46. The van der Waals surface area contributed by atoms with E-state index < -0.39 is 4.92 Å². The summed E-state index contributed by atoms with van der Waals surface area (Å²) in [5.74, 6) is 0.712. The third kappa shape index (κ3) is 2.01. The predicted molar refractivity (Wildman–Crippen MR) is 65.9 cm³/mol. The molecule has 0 aliphatic carbocycles. The average molecular weight is 250 g/mol. The lowest BCUT2D eigenvalue weighted by Gasteiger charge is -2.11. The second-order valence-electron chi connectivity index (χ2n) is 5.02. The van der Waals surface area contributed by atoms with Gasteiger partial charge >= 0.3 is 5.69 Å². The molecule has 0 saturated carbocycles. The van der Waals surface area contributed by atoms with Gasteiger partial charge in [0, 0.05) is 17.5 Å². The summed E-state index contributed by atoms with van der Waals surface area (Å²) in [4.78, 5) is 14.7. The van der Waals surface area contributed by atoms with Gasteiger partial charge in [0.1, 0.15) is 5.52 Å². The van der Waals surface area contributed by atoms with Crippen molar-refractivity contribution in [3.8, 4) is 5.75 Å². The van der Waals surface area contributed by atoms with E-state index in [-0.39, 0.29) is 16.9 Å². The molecule has 0 saturated heterocycles. The van der Waals surface area contributed by atoms with Crippen molar-refractivity contribution in [2.75, 3.05) is 7.11 Å². The molecule has 0 radical (unpaired) electrons. The van der Waals surface area contributed by atoms with E-state index >= 15 is 0 Å². The van der Waals surface area contributed by atoms with E-state index in [9.17, 15) is 10.1 Å². The molecule has 0 N–H and O–H groups in total. The number of hydrogen-bond acceptors (Lipinski definition) is 5. The normalized spacial score (nSPS) is 11.8. The van der Waals surface area contributed by atoms with Crippen LogP contribution in [0.1, 0.15) is 26.7 Å². The number of ether oxygens (including phenoxy) is 1. The monoisotopic (exact) mass is 250 g/mol. The maximum Gasteiger partial charge on any atom is 0.313 e. The Balaban J connectivity index is 2.67. The summed E-state index contributed by atoms with van der Waals surface area (Å²) in [5.41, 5.74) is 0.592. The van der Waals surface area contributed by atoms with Gasteiger partial charge in [0.2, 0.25) is 11.6 Å². The smallest absolute Gasteiger partial charge is 0.313 e. The molecular formula is C12H14N2O4. The van der Waals surface area contributed by atoms with Crippen LogP contribution in [0.25, 0.3) is 11.1 Å². The van der Waals surface area contributed by atoms with Crippen LogP contribution in [-0.2, 0) is 5.41 Å². The van der Waals surface area contributed by atoms with Gasteiger partial charge in [-0.2, -0.15) is 0 Å². The zero-order valence-electron chi connectivity index (χ0n) is 10.7. The molecule has 0 aliphatic heterocycles. The van der Waals surface area contributed by atoms with Crippen LogP contribution in [0.4, 0.5) is 5.69 Å². The second kappa shape index (κ2) is 3.97. The Kier molecular flexibility index (Phi) is 2.73. The first-order valence-corrected chi connectivity index (χ1v) is 5.46. The average Bonchev–Trinajstić information content (AvgIpc) is 2.69. The van der Waals surface area contributed by atoms with Crippen LogP contribution in [0, 0.1) is 10.1 Å². The lowest BCUT2D eigenvalue weighted by molar-refractivity contribution is -0.385. The van der Waals surface area contributed by atoms with Crippen molar-refractivity contribution in [3.05, 3.63) is 28.1 Å². The third-order valence-electron chi connectivity index (χ3n) is 2.53. The molecule has 0 fully saturated rings. The number of nitro groups is 1. The largest absolute Gasteiger partial charge is 0.490 e. The van der Waals surface area contributed by atoms with E-state index in [2.05, 4.69) is 4.98 Å². The summed E-state index contributed by atoms with van der Waals surface area (Å²) >= 11 is 0. The highest BCUT2D eigenvalue weighted by molar-refractivity contribution is 5.79. The zero-order valence-corrected chi connectivity index (χ0v) is 10.7. The molecule has 2 aromatic rings. The van der Waals surface area contributed by atoms with Gasteiger partial charge in [-0.15, -0.1) is 0 Å². The minimum atomic E-state index is -0.496. The molecule has 0 spiro atoms. The lowest BCUT2D eigenvalue weighted by atomic mass is 9.97. The van der Waals surface area contributed by atoms with E-state index in [1.165, 1.54) is 19.2 Å². The van der Waals surface area contributed by atoms with Crippen molar-refractivity contribution in [2.45, 2.75) is 26.2 Å². The maximum absolute atomic E-state index is 10.9. The van der Waals surface area contributed by atoms with Crippen LogP contribution in [0.15, 0.2) is 16.5 Å². The molecule has 18 heavy (non-hydrogen) atoms. The number of rotatable bonds is 2. The highest BCUT2D eigenvalue weighted by Crippen LogP contribution is 2.34. The third-order valence-corrected chi connectivity index (χ3v) is 2.53. The van der Waals surface area contributed by atoms with Crippen molar-refractivity contribution in [3.63, 3.8) is 0 Å². The van der Waals surface area contributed by atoms with Gasteiger partial charge in [-0.1, -0.05) is 20.8 Å². The summed E-state index contributed by atoms with van der Waals surface area (Å²) in [5, 5.41) is 10.9. The van der Waals surface area contributed by atoms with Gasteiger partial charge in [0.15, 0.2) is 5.58 Å². The molecule has 0 unspecified atom stereocenters. The number of benzene rings is 1. The van der Waals surface area contributed by atoms with Crippen molar-refractivity contribution in [1.29, 1.82) is 0 Å². The first-order chi connectivity index (χ1) is 8.32. The highest BCUT2D eigenvalue weighted by Gasteiger charge is 2.24. The zero-order chi connectivity index (χ0) is 13.5. The Morgan fingerprint density at radius 1 is 1.39 bits per heavy atom. The number of oxazole rings is 1. The lowest BCUT2D eigenvalue weighted by Crippen LogP contribution is -2.10. The Morgan fingerprint density at radius 2 is 2.06 bits per heavy atom. The Bertz CT molecular complexity index is 610. The standard InChI is InChI=1S/C12H14N2O4/c1-12(2,3)11-13-7-5-8(14(15)16)10(17-4)6-9(7)18-11/h5-6H,1-4H3. The fourth-order valence-corrected chi connectivity index (χ4v) is 1.57. The molecule has 6 nitrogen and oxygen atoms in total. The topological polar surface area (TPSA) is 78.4 Å². The van der Waals surface area contributed by atoms with Gasteiger partial charge in [-0.05, 0) is 0 Å². The molecular weight excluding hydrogens is 236 g/mol. The number of fused-ring (bicyclic) bond motifs is 1. The van der Waals surface area contributed by atoms with E-state index in [4.69, 9.17) is 9.15 Å². The highest BCUT2D eigenvalue weighted by atomic mass is 16.6. The Labute approximate surface area is 104 Å². The number of methoxy groups -OCH3 is 1. The van der Waals surface area contributed by atoms with Gasteiger partial charge in [-0.25, -0.2) is 4.98 Å². The first kappa shape index (κ1) is 12.3. The van der Waals surface area contributed by atoms with Crippen LogP contribution in [0.5, 0.6) is 5.75 Å². The number of nitrogens with zero attached hydrogens (tertiary/aromatic N) is 2. The molecule has 0 atom stereocenters. The van der Waals surface area contributed by atoms with Crippen LogP contribution in [0.3, 0.4) is 0 Å². The van der Waals surface area contributed by atoms with E-state index in [1.54, 1.807) is 0 Å². The van der Waals surface area contributed by atoms with Crippen molar-refractivity contribution < 1.29 is 14.1 Å². The van der Waals surface area contributed by atoms with Crippen LogP contribution in [0.2, 0.25) is 0 Å². The number of nitro benzene ring substituents is 1. The molecule has 0 amide bonds. The summed E-state index contributed by atoms with van der Waals surface area (Å²) < 4.78 is 10.6. The summed E-state index contributed by atoms with van der Waals surface area (Å²) in [6.45, 7) is 5.88. The maximum atomic E-state index is 10.9. The SMILES string of the molecule is COc1cc2oc(C(C)(C)C)nc2cc1[N+](=O)[O-]. The Hall–Kier alpha value is -2.11. The second-order valence-corrected chi connectivity index (χ2v) is 5.02. The van der Waals surface area contributed by atoms with Crippen LogP contribution < -0.4 is 4.74 Å². The summed E-state index contributed by atoms with van der Waals surface area (Å²) in [6.07, 6.45) is 0. The molecule has 0 bridgehead atoms. The summed E-state index contributed by atoms with van der Waals surface area (Å²) in [7, 11) is 1.38. The van der Waals surface area contributed by atoms with Gasteiger partial charge in [-0.3, -0.25) is 10.1 Å². The molecule has 2 rings (SSSR count). The van der Waals surface area contributed by atoms with E-state index in [1.807, 2.05) is 20.8 Å². The van der Waals surface area contributed by atoms with Gasteiger partial charge < -0.3 is 9.15 Å².